The molecule has 4 heteroatoms. The largest absolute Gasteiger partial charge is 0.309 e. The van der Waals surface area contributed by atoms with Gasteiger partial charge in [0, 0.05) is 33.6 Å². The molecule has 0 spiro atoms. The second-order valence-electron chi connectivity index (χ2n) is 22.7. The Bertz CT molecular complexity index is 4180. The highest BCUT2D eigenvalue weighted by Gasteiger charge is 2.33. The van der Waals surface area contributed by atoms with Crippen LogP contribution in [0.4, 0.5) is 34.1 Å². The third-order valence-electron chi connectivity index (χ3n) is 16.6. The van der Waals surface area contributed by atoms with E-state index in [1.807, 2.05) is 0 Å². The molecule has 78 heavy (non-hydrogen) atoms. The van der Waals surface area contributed by atoms with Crippen LogP contribution in [0.2, 0.25) is 0 Å². The zero-order chi connectivity index (χ0) is 52.6. The van der Waals surface area contributed by atoms with Gasteiger partial charge in [0.1, 0.15) is 0 Å². The van der Waals surface area contributed by atoms with Crippen LogP contribution in [-0.2, 0) is 0 Å². The van der Waals surface area contributed by atoms with Crippen LogP contribution in [-0.4, -0.2) is 37.5 Å². The van der Waals surface area contributed by atoms with Crippen molar-refractivity contribution in [1.29, 1.82) is 0 Å². The predicted molar refractivity (Wildman–Crippen MR) is 342 cm³/mol. The van der Waals surface area contributed by atoms with Crippen molar-refractivity contribution in [2.24, 2.45) is 0 Å². The maximum absolute atomic E-state index is 2.49. The molecular weight excluding hydrogens is 981 g/mol. The number of para-hydroxylation sites is 2. The van der Waals surface area contributed by atoms with Crippen molar-refractivity contribution in [2.45, 2.75) is 9.79 Å². The van der Waals surface area contributed by atoms with Crippen molar-refractivity contribution >= 4 is 75.7 Å². The molecule has 2 heterocycles. The fourth-order valence-electron chi connectivity index (χ4n) is 13.0. The van der Waals surface area contributed by atoms with Crippen LogP contribution in [0, 0.1) is 0 Å². The average Bonchev–Trinajstić information content (AvgIpc) is 3.90. The van der Waals surface area contributed by atoms with Gasteiger partial charge in [-0.3, -0.25) is 0 Å². The average molecular weight is 1040 g/mol. The second-order valence-corrected chi connectivity index (χ2v) is 31.0. The first-order chi connectivity index (χ1) is 38.0. The van der Waals surface area contributed by atoms with Gasteiger partial charge in [0.2, 0.25) is 0 Å². The maximum atomic E-state index is 2.49. The van der Waals surface area contributed by atoms with Gasteiger partial charge in [0.15, 0.2) is 0 Å². The molecule has 12 aromatic rings. The monoisotopic (exact) mass is 1040 g/mol. The van der Waals surface area contributed by atoms with E-state index in [4.69, 9.17) is 0 Å². The molecule has 0 saturated heterocycles. The van der Waals surface area contributed by atoms with E-state index >= 15 is 0 Å². The Labute approximate surface area is 461 Å². The van der Waals surface area contributed by atoms with E-state index < -0.39 is 20.1 Å². The van der Waals surface area contributed by atoms with E-state index in [2.05, 4.69) is 290 Å². The van der Waals surface area contributed by atoms with Crippen molar-refractivity contribution in [3.05, 3.63) is 243 Å². The molecule has 0 saturated carbocycles. The van der Waals surface area contributed by atoms with Gasteiger partial charge in [-0.15, -0.1) is 0 Å². The third kappa shape index (κ3) is 7.13. The van der Waals surface area contributed by atoms with Gasteiger partial charge < -0.3 is 9.80 Å². The standard InChI is InChI=1S/C74H58N2S2/c1-77(2,3)52-41-43-68-64(45-52)56-23-9-7-21-54(56)58-25-13-15-31-66(58)75(68)50-37-33-48(34-38-50)71-60-27-11-12-28-61(60)72(74-63-30-18-20-47-19-17-29-62(70(47)63)73(71)74)49-35-39-51(40-36-49)76-67-32-16-14-26-59(67)55-22-8-10-24-57(55)65-46-53(78(4,5)6)42-44-69(65)76/h7-46H,1-6H3. The summed E-state index contributed by atoms with van der Waals surface area (Å²) in [6.07, 6.45) is 14.3. The molecule has 0 radical (unpaired) electrons. The van der Waals surface area contributed by atoms with Gasteiger partial charge in [-0.25, -0.2) is 20.1 Å². The molecule has 376 valence electrons. The SMILES string of the molecule is CS(C)(C)c1ccc2c(c1)-c1ccccc1-c1ccccc1N2c1ccc(-c2c3c(c(-c4ccc(N5c6ccccc6-c6ccccc6-c6cc(S(C)(C)C)ccc65)cc4)c4ccccc24)-c2cccc4cccc-3c24)cc1. The zero-order valence-electron chi connectivity index (χ0n) is 44.8. The molecule has 3 aliphatic rings. The molecule has 0 bridgehead atoms. The lowest BCUT2D eigenvalue weighted by Crippen LogP contribution is -2.11. The van der Waals surface area contributed by atoms with Gasteiger partial charge in [0.25, 0.3) is 0 Å². The Kier molecular flexibility index (Phi) is 10.5. The molecule has 0 unspecified atom stereocenters. The lowest BCUT2D eigenvalue weighted by molar-refractivity contribution is 1.28. The summed E-state index contributed by atoms with van der Waals surface area (Å²) in [6.45, 7) is 0. The highest BCUT2D eigenvalue weighted by atomic mass is 32.3. The first kappa shape index (κ1) is 46.7. The number of hydrogen-bond acceptors (Lipinski definition) is 2. The second kappa shape index (κ2) is 17.5. The third-order valence-corrected chi connectivity index (χ3v) is 20.0. The topological polar surface area (TPSA) is 6.48 Å². The molecule has 0 N–H and O–H groups in total. The summed E-state index contributed by atoms with van der Waals surface area (Å²) in [5.74, 6) is 0. The van der Waals surface area contributed by atoms with Crippen LogP contribution in [0.5, 0.6) is 0 Å². The van der Waals surface area contributed by atoms with Crippen molar-refractivity contribution in [3.63, 3.8) is 0 Å². The van der Waals surface area contributed by atoms with Crippen LogP contribution >= 0.6 is 20.1 Å². The minimum atomic E-state index is -0.976. The number of benzene rings is 12. The van der Waals surface area contributed by atoms with E-state index in [-0.39, 0.29) is 0 Å². The molecular formula is C74H58N2S2. The fourth-order valence-corrected chi connectivity index (χ4v) is 14.9. The first-order valence-electron chi connectivity index (χ1n) is 26.9. The maximum Gasteiger partial charge on any atom is 0.0541 e. The van der Waals surface area contributed by atoms with E-state index in [9.17, 15) is 0 Å². The Morgan fingerprint density at radius 3 is 0.987 bits per heavy atom. The van der Waals surface area contributed by atoms with Gasteiger partial charge in [-0.05, 0) is 208 Å². The fraction of sp³-hybridized carbons (Fsp3) is 0.0811. The van der Waals surface area contributed by atoms with E-state index in [0.29, 0.717) is 0 Å². The highest BCUT2D eigenvalue weighted by molar-refractivity contribution is 8.32. The molecule has 0 aromatic heterocycles. The summed E-state index contributed by atoms with van der Waals surface area (Å²) < 4.78 is 0. The highest BCUT2D eigenvalue weighted by Crippen LogP contribution is 2.60. The van der Waals surface area contributed by atoms with E-state index in [1.165, 1.54) is 143 Å². The van der Waals surface area contributed by atoms with Gasteiger partial charge in [-0.2, -0.15) is 0 Å². The van der Waals surface area contributed by atoms with Crippen molar-refractivity contribution in [1.82, 2.24) is 0 Å². The lowest BCUT2D eigenvalue weighted by Gasteiger charge is -2.31. The Morgan fingerprint density at radius 2 is 0.590 bits per heavy atom. The summed E-state index contributed by atoms with van der Waals surface area (Å²) in [6, 6.07) is 92.0. The summed E-state index contributed by atoms with van der Waals surface area (Å²) in [4.78, 5) is 7.80. The molecule has 15 rings (SSSR count). The molecule has 2 nitrogen and oxygen atoms in total. The van der Waals surface area contributed by atoms with Crippen LogP contribution in [0.15, 0.2) is 252 Å². The summed E-state index contributed by atoms with van der Waals surface area (Å²) in [5, 5.41) is 5.08. The Hall–Kier alpha value is -8.54. The minimum absolute atomic E-state index is 0.976. The van der Waals surface area contributed by atoms with Crippen LogP contribution in [0.3, 0.4) is 0 Å². The van der Waals surface area contributed by atoms with Crippen LogP contribution in [0.1, 0.15) is 0 Å². The zero-order valence-corrected chi connectivity index (χ0v) is 46.4. The van der Waals surface area contributed by atoms with E-state index in [0.717, 1.165) is 11.4 Å². The molecule has 12 aromatic carbocycles. The molecule has 0 amide bonds. The smallest absolute Gasteiger partial charge is 0.0541 e. The van der Waals surface area contributed by atoms with Gasteiger partial charge >= 0.3 is 0 Å². The number of nitrogens with zero attached hydrogens (tertiary/aromatic N) is 2. The van der Waals surface area contributed by atoms with Crippen molar-refractivity contribution in [3.8, 4) is 89.0 Å². The minimum Gasteiger partial charge on any atom is -0.309 e. The van der Waals surface area contributed by atoms with Crippen molar-refractivity contribution in [2.75, 3.05) is 47.3 Å². The molecule has 0 atom stereocenters. The molecule has 1 aliphatic carbocycles. The number of rotatable bonds is 6. The Balaban J connectivity index is 0.912. The van der Waals surface area contributed by atoms with Crippen molar-refractivity contribution < 1.29 is 0 Å². The first-order valence-corrected chi connectivity index (χ1v) is 32.7. The van der Waals surface area contributed by atoms with Crippen LogP contribution < -0.4 is 9.80 Å². The molecule has 2 aliphatic heterocycles. The summed E-state index contributed by atoms with van der Waals surface area (Å²) >= 11 is 0. The predicted octanol–water partition coefficient (Wildman–Crippen LogP) is 21.3. The normalized spacial score (nSPS) is 13.4. The van der Waals surface area contributed by atoms with Gasteiger partial charge in [0.05, 0.1) is 22.7 Å². The number of fused-ring (bicyclic) bond motifs is 14. The quantitative estimate of drug-likeness (QED) is 0.164. The number of anilines is 6. The molecule has 0 fully saturated rings. The number of hydrogen-bond donors (Lipinski definition) is 0. The van der Waals surface area contributed by atoms with Crippen LogP contribution in [0.25, 0.3) is 111 Å². The van der Waals surface area contributed by atoms with E-state index in [1.54, 1.807) is 0 Å². The van der Waals surface area contributed by atoms with Gasteiger partial charge in [-0.1, -0.05) is 170 Å². The lowest BCUT2D eigenvalue weighted by atomic mass is 9.82. The summed E-state index contributed by atoms with van der Waals surface area (Å²) in [7, 11) is -1.95. The summed E-state index contributed by atoms with van der Waals surface area (Å²) in [5.41, 5.74) is 27.2. The Morgan fingerprint density at radius 1 is 0.256 bits per heavy atom.